The van der Waals surface area contributed by atoms with Crippen LogP contribution in [0.5, 0.6) is 0 Å². The lowest BCUT2D eigenvalue weighted by atomic mass is 9.87. The zero-order valence-corrected chi connectivity index (χ0v) is 20.6. The summed E-state index contributed by atoms with van der Waals surface area (Å²) in [6, 6.07) is 0.457. The summed E-state index contributed by atoms with van der Waals surface area (Å²) in [5.41, 5.74) is 4.14. The van der Waals surface area contributed by atoms with Gasteiger partial charge in [0, 0.05) is 44.8 Å². The monoisotopic (exact) mass is 401 g/mol. The molecule has 0 heterocycles. The zero-order chi connectivity index (χ0) is 22.4. The van der Waals surface area contributed by atoms with Gasteiger partial charge in [-0.25, -0.2) is 0 Å². The van der Waals surface area contributed by atoms with Gasteiger partial charge in [0.2, 0.25) is 0 Å². The van der Waals surface area contributed by atoms with Crippen LogP contribution in [0.1, 0.15) is 74.1 Å². The second-order valence-corrected chi connectivity index (χ2v) is 8.13. The highest BCUT2D eigenvalue weighted by Crippen LogP contribution is 2.29. The third-order valence-corrected chi connectivity index (χ3v) is 5.77. The molecule has 0 saturated heterocycles. The van der Waals surface area contributed by atoms with Crippen molar-refractivity contribution in [1.29, 1.82) is 0 Å². The summed E-state index contributed by atoms with van der Waals surface area (Å²) in [5, 5.41) is 0. The van der Waals surface area contributed by atoms with Crippen LogP contribution in [0.2, 0.25) is 0 Å². The van der Waals surface area contributed by atoms with E-state index in [2.05, 4.69) is 95.6 Å². The molecule has 0 aliphatic rings. The first kappa shape index (κ1) is 27.2. The Morgan fingerprint density at radius 2 is 1.76 bits per heavy atom. The lowest BCUT2D eigenvalue weighted by Gasteiger charge is -2.32. The number of hydrogen-bond donors (Lipinski definition) is 0. The van der Waals surface area contributed by atoms with Crippen molar-refractivity contribution >= 4 is 5.84 Å². The van der Waals surface area contributed by atoms with Crippen LogP contribution < -0.4 is 0 Å². The molecule has 0 N–H and O–H groups in total. The first-order valence-electron chi connectivity index (χ1n) is 11.3. The Labute approximate surface area is 182 Å². The first-order valence-corrected chi connectivity index (χ1v) is 11.3. The van der Waals surface area contributed by atoms with Gasteiger partial charge < -0.3 is 9.80 Å². The number of amidine groups is 1. The van der Waals surface area contributed by atoms with Gasteiger partial charge in [-0.2, -0.15) is 0 Å². The number of hydrogen-bond acceptors (Lipinski definition) is 2. The van der Waals surface area contributed by atoms with Crippen LogP contribution in [-0.4, -0.2) is 48.4 Å². The molecule has 0 aromatic heterocycles. The highest BCUT2D eigenvalue weighted by Gasteiger charge is 2.17. The molecule has 0 fully saturated rings. The van der Waals surface area contributed by atoms with E-state index in [0.29, 0.717) is 12.0 Å². The maximum absolute atomic E-state index is 4.54. The van der Waals surface area contributed by atoms with E-state index in [1.54, 1.807) is 0 Å². The molecule has 0 rings (SSSR count). The highest BCUT2D eigenvalue weighted by molar-refractivity contribution is 5.79. The number of aliphatic imine (C=N–C) groups is 1. The highest BCUT2D eigenvalue weighted by atomic mass is 15.2. The topological polar surface area (TPSA) is 18.8 Å². The quantitative estimate of drug-likeness (QED) is 0.137. The van der Waals surface area contributed by atoms with Gasteiger partial charge in [0.05, 0.1) is 5.84 Å². The minimum atomic E-state index is 0.457. The Balaban J connectivity index is 5.15. The van der Waals surface area contributed by atoms with E-state index in [1.165, 1.54) is 29.7 Å². The summed E-state index contributed by atoms with van der Waals surface area (Å²) in [7, 11) is 2.15. The Bertz CT molecular complexity index is 579. The molecule has 0 aliphatic carbocycles. The second kappa shape index (κ2) is 15.1. The average molecular weight is 402 g/mol. The molecule has 0 aromatic carbocycles. The van der Waals surface area contributed by atoms with Gasteiger partial charge in [0.25, 0.3) is 0 Å². The van der Waals surface area contributed by atoms with E-state index in [4.69, 9.17) is 0 Å². The van der Waals surface area contributed by atoms with E-state index in [-0.39, 0.29) is 0 Å². The molecular formula is C26H47N3. The van der Waals surface area contributed by atoms with Crippen molar-refractivity contribution in [3.8, 4) is 0 Å². The van der Waals surface area contributed by atoms with Crippen LogP contribution in [-0.2, 0) is 0 Å². The molecule has 0 saturated carbocycles. The normalized spacial score (nSPS) is 13.9. The molecule has 0 aromatic rings. The molecule has 3 nitrogen and oxygen atoms in total. The van der Waals surface area contributed by atoms with Gasteiger partial charge in [-0.15, -0.1) is 0 Å². The van der Waals surface area contributed by atoms with Gasteiger partial charge in [-0.3, -0.25) is 4.99 Å². The van der Waals surface area contributed by atoms with Crippen LogP contribution in [0, 0.1) is 5.92 Å². The number of rotatable bonds is 14. The van der Waals surface area contributed by atoms with Crippen LogP contribution in [0.15, 0.2) is 53.2 Å². The van der Waals surface area contributed by atoms with Crippen molar-refractivity contribution in [2.24, 2.45) is 10.9 Å². The lowest BCUT2D eigenvalue weighted by molar-refractivity contribution is 0.289. The van der Waals surface area contributed by atoms with E-state index in [1.807, 2.05) is 6.08 Å². The number of allylic oxidation sites excluding steroid dienone is 5. The van der Waals surface area contributed by atoms with Crippen LogP contribution in [0.4, 0.5) is 0 Å². The van der Waals surface area contributed by atoms with Crippen LogP contribution in [0.3, 0.4) is 0 Å². The fraction of sp³-hybridized carbons (Fsp3) is 0.654. The van der Waals surface area contributed by atoms with Crippen molar-refractivity contribution in [3.63, 3.8) is 0 Å². The Morgan fingerprint density at radius 1 is 1.10 bits per heavy atom. The zero-order valence-electron chi connectivity index (χ0n) is 20.6. The van der Waals surface area contributed by atoms with Crippen LogP contribution in [0.25, 0.3) is 0 Å². The SMILES string of the molecule is C=C/C=C\C(CCC)C(CC(=C)N(CC)CCC(C)N(C)C(C)=NCC)=C(C)C. The molecule has 0 radical (unpaired) electrons. The Kier molecular flexibility index (Phi) is 14.2. The molecule has 2 unspecified atom stereocenters. The van der Waals surface area contributed by atoms with Gasteiger partial charge in [-0.1, -0.05) is 55.9 Å². The Morgan fingerprint density at radius 3 is 2.24 bits per heavy atom. The average Bonchev–Trinajstić information content (AvgIpc) is 2.69. The summed E-state index contributed by atoms with van der Waals surface area (Å²) in [6.45, 7) is 26.6. The predicted octanol–water partition coefficient (Wildman–Crippen LogP) is 6.86. The largest absolute Gasteiger partial charge is 0.375 e. The lowest BCUT2D eigenvalue weighted by Crippen LogP contribution is -2.36. The van der Waals surface area contributed by atoms with Crippen LogP contribution >= 0.6 is 0 Å². The molecule has 166 valence electrons. The van der Waals surface area contributed by atoms with Crippen molar-refractivity contribution in [3.05, 3.63) is 48.2 Å². The fourth-order valence-corrected chi connectivity index (χ4v) is 3.66. The van der Waals surface area contributed by atoms with Gasteiger partial charge in [0.1, 0.15) is 0 Å². The summed E-state index contributed by atoms with van der Waals surface area (Å²) in [6.07, 6.45) is 10.6. The molecule has 0 amide bonds. The summed E-state index contributed by atoms with van der Waals surface area (Å²) in [5.74, 6) is 1.58. The van der Waals surface area contributed by atoms with Gasteiger partial charge >= 0.3 is 0 Å². The van der Waals surface area contributed by atoms with E-state index in [0.717, 1.165) is 38.3 Å². The third-order valence-electron chi connectivity index (χ3n) is 5.77. The van der Waals surface area contributed by atoms with Crippen molar-refractivity contribution in [1.82, 2.24) is 9.80 Å². The fourth-order valence-electron chi connectivity index (χ4n) is 3.66. The van der Waals surface area contributed by atoms with Gasteiger partial charge in [0.15, 0.2) is 0 Å². The predicted molar refractivity (Wildman–Crippen MR) is 133 cm³/mol. The van der Waals surface area contributed by atoms with Crippen molar-refractivity contribution in [2.75, 3.05) is 26.7 Å². The number of nitrogens with zero attached hydrogens (tertiary/aromatic N) is 3. The summed E-state index contributed by atoms with van der Waals surface area (Å²) < 4.78 is 0. The maximum Gasteiger partial charge on any atom is 0.0957 e. The smallest absolute Gasteiger partial charge is 0.0957 e. The summed E-state index contributed by atoms with van der Waals surface area (Å²) in [4.78, 5) is 9.27. The van der Waals surface area contributed by atoms with Crippen molar-refractivity contribution in [2.45, 2.75) is 80.2 Å². The molecule has 0 bridgehead atoms. The molecule has 3 heteroatoms. The summed E-state index contributed by atoms with van der Waals surface area (Å²) >= 11 is 0. The van der Waals surface area contributed by atoms with Crippen molar-refractivity contribution < 1.29 is 0 Å². The van der Waals surface area contributed by atoms with Gasteiger partial charge in [-0.05, 0) is 60.3 Å². The first-order chi connectivity index (χ1) is 13.7. The maximum atomic E-state index is 4.54. The second-order valence-electron chi connectivity index (χ2n) is 8.13. The molecule has 29 heavy (non-hydrogen) atoms. The minimum Gasteiger partial charge on any atom is -0.375 e. The molecular weight excluding hydrogens is 354 g/mol. The van der Waals surface area contributed by atoms with E-state index in [9.17, 15) is 0 Å². The molecule has 2 atom stereocenters. The molecule has 0 aliphatic heterocycles. The molecule has 0 spiro atoms. The van der Waals surface area contributed by atoms with E-state index >= 15 is 0 Å². The minimum absolute atomic E-state index is 0.457. The standard InChI is InChI=1S/C26H47N3/c1-11-15-17-25(16-12-2)26(21(5)6)20-23(8)29(14-4)19-18-22(7)28(10)24(9)27-13-3/h11,15,17,22,25H,1,8,12-14,16,18-20H2,2-7,9-10H3/b17-15-,27-24?. The van der Waals surface area contributed by atoms with E-state index < -0.39 is 0 Å². The Hall–Kier alpha value is -1.77. The third kappa shape index (κ3) is 10.0.